The summed E-state index contributed by atoms with van der Waals surface area (Å²) in [4.78, 5) is 0. The summed E-state index contributed by atoms with van der Waals surface area (Å²) in [6.45, 7) is 12.7. The van der Waals surface area contributed by atoms with Crippen LogP contribution in [0.4, 0.5) is 0 Å². The van der Waals surface area contributed by atoms with E-state index in [2.05, 4.69) is 77.0 Å². The first-order chi connectivity index (χ1) is 9.94. The molecule has 0 spiro atoms. The van der Waals surface area contributed by atoms with Gasteiger partial charge in [-0.1, -0.05) is 0 Å². The molecular formula is C17H35GeO3Zr. The molecule has 3 nitrogen and oxygen atoms in total. The van der Waals surface area contributed by atoms with Crippen LogP contribution in [0, 0.1) is 0 Å². The van der Waals surface area contributed by atoms with Crippen LogP contribution in [0.25, 0.3) is 0 Å². The first kappa shape index (κ1) is 20.8. The van der Waals surface area contributed by atoms with Gasteiger partial charge in [-0.3, -0.25) is 0 Å². The summed E-state index contributed by atoms with van der Waals surface area (Å²) in [6.07, 6.45) is 7.79. The van der Waals surface area contributed by atoms with Crippen molar-refractivity contribution in [1.82, 2.24) is 0 Å². The van der Waals surface area contributed by atoms with E-state index in [0.717, 1.165) is 6.42 Å². The van der Waals surface area contributed by atoms with Crippen LogP contribution in [0.5, 0.6) is 0 Å². The van der Waals surface area contributed by atoms with Crippen LogP contribution >= 0.6 is 0 Å². The molecule has 1 rings (SSSR count). The average molecular weight is 451 g/mol. The van der Waals surface area contributed by atoms with Crippen molar-refractivity contribution in [1.29, 1.82) is 0 Å². The van der Waals surface area contributed by atoms with Gasteiger partial charge in [-0.25, -0.2) is 0 Å². The van der Waals surface area contributed by atoms with Gasteiger partial charge in [0.25, 0.3) is 0 Å². The molecule has 0 aromatic carbocycles. The van der Waals surface area contributed by atoms with Crippen LogP contribution in [0.1, 0.15) is 48.0 Å². The Morgan fingerprint density at radius 2 is 1.27 bits per heavy atom. The molecule has 0 bridgehead atoms. The average Bonchev–Trinajstić information content (AvgIpc) is 2.77. The number of rotatable bonds is 8. The Morgan fingerprint density at radius 1 is 0.864 bits per heavy atom. The summed E-state index contributed by atoms with van der Waals surface area (Å²) in [5, 5.41) is 0. The van der Waals surface area contributed by atoms with E-state index >= 15 is 0 Å². The zero-order chi connectivity index (χ0) is 17.2. The van der Waals surface area contributed by atoms with E-state index in [1.807, 2.05) is 0 Å². The normalized spacial score (nSPS) is 18.2. The Bertz CT molecular complexity index is 418. The maximum atomic E-state index is 6.84. The summed E-state index contributed by atoms with van der Waals surface area (Å²) < 4.78 is 21.8. The van der Waals surface area contributed by atoms with E-state index in [4.69, 9.17) is 8.44 Å². The maximum absolute atomic E-state index is 6.84. The number of hydrogen-bond donors (Lipinski definition) is 0. The predicted octanol–water partition coefficient (Wildman–Crippen LogP) is 5.37. The van der Waals surface area contributed by atoms with Crippen molar-refractivity contribution in [2.45, 2.75) is 83.5 Å². The second-order valence-electron chi connectivity index (χ2n) is 8.06. The molecule has 0 aromatic rings. The fourth-order valence-electron chi connectivity index (χ4n) is 3.37. The Kier molecular flexibility index (Phi) is 6.96. The van der Waals surface area contributed by atoms with Gasteiger partial charge in [0.05, 0.1) is 0 Å². The fraction of sp³-hybridized carbons (Fsp3) is 0.765. The molecule has 5 heteroatoms. The monoisotopic (exact) mass is 451 g/mol. The zero-order valence-electron chi connectivity index (χ0n) is 15.9. The van der Waals surface area contributed by atoms with Gasteiger partial charge >= 0.3 is 141 Å². The Labute approximate surface area is 140 Å². The SMILES string of the molecule is CC(C)[O][Zr]([O]C(C)C)([O]C(C)C)([C]1=CC=CC1)[Ge]([CH3])([CH3])[CH3]. The van der Waals surface area contributed by atoms with E-state index in [9.17, 15) is 0 Å². The molecule has 1 aliphatic rings. The minimum absolute atomic E-state index is 0.106. The van der Waals surface area contributed by atoms with E-state index < -0.39 is 27.1 Å². The summed E-state index contributed by atoms with van der Waals surface area (Å²) in [6, 6.07) is 0. The topological polar surface area (TPSA) is 27.7 Å². The molecule has 0 radical (unpaired) electrons. The molecule has 1 aliphatic carbocycles. The van der Waals surface area contributed by atoms with Crippen molar-refractivity contribution in [2.75, 3.05) is 0 Å². The van der Waals surface area contributed by atoms with Gasteiger partial charge in [0, 0.05) is 0 Å². The summed E-state index contributed by atoms with van der Waals surface area (Å²) in [7, 11) is -2.50. The molecule has 0 saturated heterocycles. The molecule has 0 saturated carbocycles. The predicted molar refractivity (Wildman–Crippen MR) is 93.8 cm³/mol. The molecule has 0 amide bonds. The van der Waals surface area contributed by atoms with Gasteiger partial charge in [0.2, 0.25) is 0 Å². The van der Waals surface area contributed by atoms with Crippen molar-refractivity contribution in [2.24, 2.45) is 0 Å². The van der Waals surface area contributed by atoms with E-state index in [1.165, 1.54) is 3.28 Å². The molecule has 0 unspecified atom stereocenters. The molecule has 0 atom stereocenters. The van der Waals surface area contributed by atoms with Crippen LogP contribution in [0.3, 0.4) is 0 Å². The molecule has 0 heterocycles. The van der Waals surface area contributed by atoms with Crippen molar-refractivity contribution >= 4 is 9.48 Å². The molecule has 0 aromatic heterocycles. The molecule has 0 fully saturated rings. The summed E-state index contributed by atoms with van der Waals surface area (Å²) in [5.74, 6) is 7.20. The zero-order valence-corrected chi connectivity index (χ0v) is 20.5. The van der Waals surface area contributed by atoms with Crippen LogP contribution in [0.2, 0.25) is 17.3 Å². The quantitative estimate of drug-likeness (QED) is 0.465. The molecule has 0 aliphatic heterocycles. The summed E-state index contributed by atoms with van der Waals surface area (Å²) in [5.41, 5.74) is 0. The Hall–Kier alpha value is 0.786. The third kappa shape index (κ3) is 3.88. The number of allylic oxidation sites excluding steroid dienone is 4. The third-order valence-electron chi connectivity index (χ3n) is 3.97. The van der Waals surface area contributed by atoms with Gasteiger partial charge in [0.15, 0.2) is 0 Å². The van der Waals surface area contributed by atoms with Crippen molar-refractivity contribution in [3.05, 3.63) is 21.5 Å². The van der Waals surface area contributed by atoms with E-state index in [0.29, 0.717) is 0 Å². The van der Waals surface area contributed by atoms with E-state index in [-0.39, 0.29) is 18.3 Å². The molecule has 0 N–H and O–H groups in total. The minimum atomic E-state index is -4.47. The van der Waals surface area contributed by atoms with Gasteiger partial charge in [-0.05, 0) is 0 Å². The van der Waals surface area contributed by atoms with Crippen molar-refractivity contribution in [3.63, 3.8) is 0 Å². The van der Waals surface area contributed by atoms with Crippen molar-refractivity contribution in [3.8, 4) is 0 Å². The van der Waals surface area contributed by atoms with Crippen LogP contribution in [-0.2, 0) is 26.0 Å². The molecule has 22 heavy (non-hydrogen) atoms. The second kappa shape index (κ2) is 7.35. The standard InChI is InChI=1S/C5H5.C3H9Ge.3C3H7O.Zr/c1-2-4-5-3-1;1-4(2)3;3*1-3(2)4;/h1-3H,4H2;1-3H3;3*3H,1-2H3;/q;;3*-1;+3. The Morgan fingerprint density at radius 3 is 1.50 bits per heavy atom. The third-order valence-corrected chi connectivity index (χ3v) is 61.1. The molecular weight excluding hydrogens is 416 g/mol. The first-order valence-corrected chi connectivity index (χ1v) is 26.5. The Balaban J connectivity index is 3.65. The summed E-state index contributed by atoms with van der Waals surface area (Å²) >= 11 is -4.47. The van der Waals surface area contributed by atoms with Crippen LogP contribution in [0.15, 0.2) is 21.5 Å². The van der Waals surface area contributed by atoms with Crippen LogP contribution < -0.4 is 0 Å². The van der Waals surface area contributed by atoms with Gasteiger partial charge in [-0.2, -0.15) is 0 Å². The molecule has 129 valence electrons. The van der Waals surface area contributed by atoms with E-state index in [1.54, 1.807) is 0 Å². The van der Waals surface area contributed by atoms with Crippen molar-refractivity contribution < 1.29 is 26.0 Å². The first-order valence-electron chi connectivity index (χ1n) is 8.50. The van der Waals surface area contributed by atoms with Gasteiger partial charge < -0.3 is 0 Å². The van der Waals surface area contributed by atoms with Gasteiger partial charge in [-0.15, -0.1) is 0 Å². The van der Waals surface area contributed by atoms with Gasteiger partial charge in [0.1, 0.15) is 0 Å². The number of hydrogen-bond acceptors (Lipinski definition) is 3. The van der Waals surface area contributed by atoms with Crippen LogP contribution in [-0.4, -0.2) is 27.8 Å². The fourth-order valence-corrected chi connectivity index (χ4v) is 54.5. The second-order valence-corrected chi connectivity index (χ2v) is 55.5.